The Hall–Kier alpha value is -0.900. The van der Waals surface area contributed by atoms with Crippen molar-refractivity contribution >= 4 is 17.2 Å². The third-order valence-corrected chi connectivity index (χ3v) is 3.10. The number of nitrogens with zero attached hydrogens (tertiary/aromatic N) is 2. The van der Waals surface area contributed by atoms with Gasteiger partial charge in [-0.2, -0.15) is 0 Å². The summed E-state index contributed by atoms with van der Waals surface area (Å²) in [6, 6.07) is 0. The molecule has 1 aromatic heterocycles. The van der Waals surface area contributed by atoms with Gasteiger partial charge in [0, 0.05) is 24.0 Å². The highest BCUT2D eigenvalue weighted by Crippen LogP contribution is 2.08. The maximum atomic E-state index is 4.51. The molecule has 2 heterocycles. The standard InChI is InChI=1S/C10H15N3S/c1-2-4-10(12-5-3-1)13-7-9-6-11-8-14-9/h6,8H,1-5,7H2,(H,12,13). The summed E-state index contributed by atoms with van der Waals surface area (Å²) in [5.74, 6) is 1.18. The molecule has 0 spiro atoms. The van der Waals surface area contributed by atoms with Crippen LogP contribution in [0.2, 0.25) is 0 Å². The first kappa shape index (κ1) is 9.65. The van der Waals surface area contributed by atoms with E-state index in [0.29, 0.717) is 0 Å². The quantitative estimate of drug-likeness (QED) is 0.810. The summed E-state index contributed by atoms with van der Waals surface area (Å²) in [5.41, 5.74) is 1.87. The van der Waals surface area contributed by atoms with E-state index in [1.54, 1.807) is 11.3 Å². The number of thiazole rings is 1. The van der Waals surface area contributed by atoms with Gasteiger partial charge in [-0.25, -0.2) is 0 Å². The van der Waals surface area contributed by atoms with Gasteiger partial charge in [0.15, 0.2) is 0 Å². The molecule has 3 nitrogen and oxygen atoms in total. The maximum Gasteiger partial charge on any atom is 0.0965 e. The van der Waals surface area contributed by atoms with Crippen LogP contribution >= 0.6 is 11.3 Å². The molecule has 0 atom stereocenters. The number of hydrogen-bond acceptors (Lipinski definition) is 4. The molecular formula is C10H15N3S. The maximum absolute atomic E-state index is 4.51. The van der Waals surface area contributed by atoms with Crippen molar-refractivity contribution in [3.8, 4) is 0 Å². The molecule has 76 valence electrons. The Morgan fingerprint density at radius 2 is 2.36 bits per heavy atom. The zero-order valence-corrected chi connectivity index (χ0v) is 9.02. The second-order valence-electron chi connectivity index (χ2n) is 3.46. The molecule has 4 heteroatoms. The van der Waals surface area contributed by atoms with Gasteiger partial charge < -0.3 is 5.32 Å². The lowest BCUT2D eigenvalue weighted by atomic mass is 10.2. The molecule has 0 bridgehead atoms. The SMILES string of the molecule is c1ncc(CNC2=NCCCCC2)s1. The summed E-state index contributed by atoms with van der Waals surface area (Å²) >= 11 is 1.69. The van der Waals surface area contributed by atoms with Gasteiger partial charge >= 0.3 is 0 Å². The molecule has 1 N–H and O–H groups in total. The Bertz CT molecular complexity index is 292. The summed E-state index contributed by atoms with van der Waals surface area (Å²) in [5, 5.41) is 3.38. The van der Waals surface area contributed by atoms with E-state index in [-0.39, 0.29) is 0 Å². The number of hydrogen-bond donors (Lipinski definition) is 1. The highest BCUT2D eigenvalue weighted by Gasteiger charge is 2.03. The zero-order valence-electron chi connectivity index (χ0n) is 8.20. The first-order chi connectivity index (χ1) is 6.95. The average Bonchev–Trinajstić information content (AvgIpc) is 2.58. The fourth-order valence-electron chi connectivity index (χ4n) is 1.54. The first-order valence-electron chi connectivity index (χ1n) is 5.10. The molecule has 0 amide bonds. The van der Waals surface area contributed by atoms with Crippen LogP contribution < -0.4 is 5.32 Å². The second-order valence-corrected chi connectivity index (χ2v) is 4.43. The summed E-state index contributed by atoms with van der Waals surface area (Å²) < 4.78 is 0. The lowest BCUT2D eigenvalue weighted by molar-refractivity contribution is 0.728. The molecule has 0 unspecified atom stereocenters. The highest BCUT2D eigenvalue weighted by molar-refractivity contribution is 7.09. The van der Waals surface area contributed by atoms with Crippen molar-refractivity contribution in [2.45, 2.75) is 32.2 Å². The third kappa shape index (κ3) is 2.80. The summed E-state index contributed by atoms with van der Waals surface area (Å²) in [7, 11) is 0. The van der Waals surface area contributed by atoms with E-state index in [2.05, 4.69) is 15.3 Å². The van der Waals surface area contributed by atoms with Gasteiger partial charge in [-0.05, 0) is 12.8 Å². The minimum absolute atomic E-state index is 0.878. The second kappa shape index (κ2) is 5.10. The Morgan fingerprint density at radius 1 is 1.36 bits per heavy atom. The molecule has 0 aliphatic carbocycles. The molecule has 1 aliphatic rings. The van der Waals surface area contributed by atoms with Gasteiger partial charge in [0.2, 0.25) is 0 Å². The fraction of sp³-hybridized carbons (Fsp3) is 0.600. The predicted molar refractivity (Wildman–Crippen MR) is 59.7 cm³/mol. The van der Waals surface area contributed by atoms with E-state index in [1.165, 1.54) is 30.0 Å². The van der Waals surface area contributed by atoms with Crippen LogP contribution in [0.1, 0.15) is 30.6 Å². The normalized spacial score (nSPS) is 17.3. The number of rotatable bonds is 2. The number of amidine groups is 1. The van der Waals surface area contributed by atoms with Crippen molar-refractivity contribution in [3.63, 3.8) is 0 Å². The van der Waals surface area contributed by atoms with E-state index < -0.39 is 0 Å². The van der Waals surface area contributed by atoms with Gasteiger partial charge in [0.1, 0.15) is 0 Å². The Kier molecular flexibility index (Phi) is 3.51. The van der Waals surface area contributed by atoms with Crippen molar-refractivity contribution in [2.24, 2.45) is 4.99 Å². The Morgan fingerprint density at radius 3 is 3.21 bits per heavy atom. The molecule has 0 radical (unpaired) electrons. The lowest BCUT2D eigenvalue weighted by Gasteiger charge is -2.05. The van der Waals surface area contributed by atoms with Gasteiger partial charge in [-0.3, -0.25) is 9.98 Å². The molecular weight excluding hydrogens is 194 g/mol. The topological polar surface area (TPSA) is 37.3 Å². The van der Waals surface area contributed by atoms with Gasteiger partial charge in [-0.1, -0.05) is 6.42 Å². The van der Waals surface area contributed by atoms with Crippen LogP contribution in [0.25, 0.3) is 0 Å². The van der Waals surface area contributed by atoms with Crippen molar-refractivity contribution in [1.29, 1.82) is 0 Å². The first-order valence-corrected chi connectivity index (χ1v) is 5.98. The highest BCUT2D eigenvalue weighted by atomic mass is 32.1. The molecule has 0 saturated heterocycles. The molecule has 1 aromatic rings. The Balaban J connectivity index is 1.82. The predicted octanol–water partition coefficient (Wildman–Crippen LogP) is 2.21. The zero-order chi connectivity index (χ0) is 9.64. The van der Waals surface area contributed by atoms with Crippen LogP contribution in [-0.2, 0) is 6.54 Å². The number of nitrogens with one attached hydrogen (secondary N) is 1. The van der Waals surface area contributed by atoms with Crippen molar-refractivity contribution in [1.82, 2.24) is 10.3 Å². The fourth-order valence-corrected chi connectivity index (χ4v) is 2.07. The lowest BCUT2D eigenvalue weighted by Crippen LogP contribution is -2.22. The molecule has 2 rings (SSSR count). The van der Waals surface area contributed by atoms with Crippen LogP contribution in [-0.4, -0.2) is 17.4 Å². The minimum Gasteiger partial charge on any atom is -0.369 e. The van der Waals surface area contributed by atoms with Crippen LogP contribution in [0, 0.1) is 0 Å². The van der Waals surface area contributed by atoms with E-state index in [9.17, 15) is 0 Å². The monoisotopic (exact) mass is 209 g/mol. The van der Waals surface area contributed by atoms with E-state index >= 15 is 0 Å². The summed E-state index contributed by atoms with van der Waals surface area (Å²) in [6.45, 7) is 1.87. The van der Waals surface area contributed by atoms with Crippen LogP contribution in [0.4, 0.5) is 0 Å². The van der Waals surface area contributed by atoms with E-state index in [1.807, 2.05) is 11.7 Å². The van der Waals surface area contributed by atoms with Crippen LogP contribution in [0.15, 0.2) is 16.7 Å². The van der Waals surface area contributed by atoms with Crippen LogP contribution in [0.5, 0.6) is 0 Å². The smallest absolute Gasteiger partial charge is 0.0965 e. The van der Waals surface area contributed by atoms with Gasteiger partial charge in [0.05, 0.1) is 17.9 Å². The van der Waals surface area contributed by atoms with Crippen molar-refractivity contribution in [2.75, 3.05) is 6.54 Å². The number of aliphatic imine (C=N–C) groups is 1. The van der Waals surface area contributed by atoms with Gasteiger partial charge in [0.25, 0.3) is 0 Å². The molecule has 14 heavy (non-hydrogen) atoms. The van der Waals surface area contributed by atoms with E-state index in [0.717, 1.165) is 19.5 Å². The third-order valence-electron chi connectivity index (χ3n) is 2.32. The largest absolute Gasteiger partial charge is 0.369 e. The van der Waals surface area contributed by atoms with Crippen LogP contribution in [0.3, 0.4) is 0 Å². The number of aromatic nitrogens is 1. The van der Waals surface area contributed by atoms with Crippen molar-refractivity contribution < 1.29 is 0 Å². The molecule has 0 fully saturated rings. The molecule has 0 aromatic carbocycles. The summed E-state index contributed by atoms with van der Waals surface area (Å²) in [6.07, 6.45) is 6.85. The Labute approximate surface area is 88.3 Å². The van der Waals surface area contributed by atoms with Crippen molar-refractivity contribution in [3.05, 3.63) is 16.6 Å². The molecule has 1 aliphatic heterocycles. The average molecular weight is 209 g/mol. The van der Waals surface area contributed by atoms with E-state index in [4.69, 9.17) is 0 Å². The minimum atomic E-state index is 0.878. The summed E-state index contributed by atoms with van der Waals surface area (Å²) in [4.78, 5) is 9.83. The molecule has 0 saturated carbocycles. The van der Waals surface area contributed by atoms with Gasteiger partial charge in [-0.15, -0.1) is 11.3 Å².